The van der Waals surface area contributed by atoms with Gasteiger partial charge in [0.2, 0.25) is 11.8 Å². The van der Waals surface area contributed by atoms with Crippen molar-refractivity contribution in [2.24, 2.45) is 5.41 Å². The summed E-state index contributed by atoms with van der Waals surface area (Å²) in [5.41, 5.74) is 1.18. The van der Waals surface area contributed by atoms with Crippen LogP contribution in [0.15, 0.2) is 22.9 Å². The highest BCUT2D eigenvalue weighted by Crippen LogP contribution is 2.40. The summed E-state index contributed by atoms with van der Waals surface area (Å²) in [5.74, 6) is 0.634. The number of thioether (sulfide) groups is 1. The van der Waals surface area contributed by atoms with Gasteiger partial charge in [0.15, 0.2) is 0 Å². The number of nitrogens with zero attached hydrogens (tertiary/aromatic N) is 2. The molecule has 3 aliphatic rings. The lowest BCUT2D eigenvalue weighted by Crippen LogP contribution is -2.47. The first-order valence-corrected chi connectivity index (χ1v) is 11.2. The molecule has 0 aromatic carbocycles. The molecule has 3 amide bonds. The van der Waals surface area contributed by atoms with Crippen LogP contribution < -0.4 is 5.32 Å². The second-order valence-electron chi connectivity index (χ2n) is 7.52. The van der Waals surface area contributed by atoms with E-state index in [1.807, 2.05) is 32.7 Å². The summed E-state index contributed by atoms with van der Waals surface area (Å²) >= 11 is 2.80. The maximum Gasteiger partial charge on any atom is 0.279 e. The number of carbonyl (C=O) groups excluding carboxylic acids is 3. The standard InChI is InChI=1S/C19H23N3O3S2/c23-16(2-1-14-3-10-26-11-14)21-7-4-19(5-8-21)6-9-22(13-19)17(24)15-12-27-18(25)20-15/h1-3,10-11,15H,4-9,12-13H2,(H,20,25). The first-order valence-electron chi connectivity index (χ1n) is 9.26. The lowest BCUT2D eigenvalue weighted by molar-refractivity contribution is -0.133. The lowest BCUT2D eigenvalue weighted by Gasteiger charge is -2.39. The van der Waals surface area contributed by atoms with Crippen LogP contribution in [0.1, 0.15) is 24.8 Å². The Hall–Kier alpha value is -1.80. The minimum absolute atomic E-state index is 0.0439. The van der Waals surface area contributed by atoms with Crippen molar-refractivity contribution >= 4 is 46.2 Å². The molecule has 4 heterocycles. The normalized spacial score (nSPS) is 24.7. The van der Waals surface area contributed by atoms with Crippen molar-refractivity contribution in [3.63, 3.8) is 0 Å². The highest BCUT2D eigenvalue weighted by molar-refractivity contribution is 8.14. The number of likely N-dealkylation sites (tertiary alicyclic amines) is 2. The van der Waals surface area contributed by atoms with Crippen LogP contribution in [0.5, 0.6) is 0 Å². The van der Waals surface area contributed by atoms with Crippen LogP contribution in [0.4, 0.5) is 4.79 Å². The molecule has 1 aromatic rings. The predicted molar refractivity (Wildman–Crippen MR) is 108 cm³/mol. The minimum atomic E-state index is -0.374. The number of carbonyl (C=O) groups is 3. The van der Waals surface area contributed by atoms with E-state index in [0.717, 1.165) is 51.0 Å². The Bertz CT molecular complexity index is 754. The van der Waals surface area contributed by atoms with Gasteiger partial charge in [0.05, 0.1) is 0 Å². The van der Waals surface area contributed by atoms with E-state index in [1.54, 1.807) is 17.4 Å². The first kappa shape index (κ1) is 18.6. The topological polar surface area (TPSA) is 69.7 Å². The van der Waals surface area contributed by atoms with Crippen LogP contribution in [0.3, 0.4) is 0 Å². The number of thiophene rings is 1. The van der Waals surface area contributed by atoms with Gasteiger partial charge in [-0.3, -0.25) is 14.4 Å². The van der Waals surface area contributed by atoms with E-state index in [0.29, 0.717) is 5.75 Å². The molecular formula is C19H23N3O3S2. The number of rotatable bonds is 3. The quantitative estimate of drug-likeness (QED) is 0.784. The zero-order valence-corrected chi connectivity index (χ0v) is 16.7. The predicted octanol–water partition coefficient (Wildman–Crippen LogP) is 2.43. The van der Waals surface area contributed by atoms with Gasteiger partial charge in [-0.15, -0.1) is 0 Å². The molecular weight excluding hydrogens is 382 g/mol. The molecule has 1 aromatic heterocycles. The number of nitrogens with one attached hydrogen (secondary N) is 1. The lowest BCUT2D eigenvalue weighted by atomic mass is 9.78. The summed E-state index contributed by atoms with van der Waals surface area (Å²) in [7, 11) is 0. The summed E-state index contributed by atoms with van der Waals surface area (Å²) in [6.07, 6.45) is 6.37. The second kappa shape index (κ2) is 7.67. The molecule has 3 aliphatic heterocycles. The van der Waals surface area contributed by atoms with Gasteiger partial charge in [-0.2, -0.15) is 11.3 Å². The van der Waals surface area contributed by atoms with Crippen molar-refractivity contribution in [1.82, 2.24) is 15.1 Å². The third-order valence-corrected chi connectivity index (χ3v) is 7.40. The van der Waals surface area contributed by atoms with Crippen LogP contribution >= 0.6 is 23.1 Å². The monoisotopic (exact) mass is 405 g/mol. The fourth-order valence-corrected chi connectivity index (χ4v) is 5.51. The van der Waals surface area contributed by atoms with E-state index in [2.05, 4.69) is 5.32 Å². The van der Waals surface area contributed by atoms with Gasteiger partial charge in [-0.1, -0.05) is 11.8 Å². The molecule has 1 unspecified atom stereocenters. The molecule has 8 heteroatoms. The molecule has 1 atom stereocenters. The van der Waals surface area contributed by atoms with Gasteiger partial charge in [0, 0.05) is 38.0 Å². The molecule has 144 valence electrons. The maximum absolute atomic E-state index is 12.6. The maximum atomic E-state index is 12.6. The molecule has 0 radical (unpaired) electrons. The largest absolute Gasteiger partial charge is 0.340 e. The molecule has 6 nitrogen and oxygen atoms in total. The number of hydrogen-bond acceptors (Lipinski definition) is 5. The molecule has 1 spiro atoms. The van der Waals surface area contributed by atoms with E-state index < -0.39 is 0 Å². The molecule has 1 N–H and O–H groups in total. The Balaban J connectivity index is 1.29. The van der Waals surface area contributed by atoms with E-state index >= 15 is 0 Å². The summed E-state index contributed by atoms with van der Waals surface area (Å²) in [4.78, 5) is 40.2. The smallest absolute Gasteiger partial charge is 0.279 e. The molecule has 3 fully saturated rings. The number of piperidine rings is 1. The summed E-state index contributed by atoms with van der Waals surface area (Å²) in [6.45, 7) is 2.98. The summed E-state index contributed by atoms with van der Waals surface area (Å²) < 4.78 is 0. The average molecular weight is 406 g/mol. The van der Waals surface area contributed by atoms with Crippen LogP contribution in [0.25, 0.3) is 6.08 Å². The second-order valence-corrected chi connectivity index (χ2v) is 9.29. The van der Waals surface area contributed by atoms with Crippen molar-refractivity contribution in [1.29, 1.82) is 0 Å². The van der Waals surface area contributed by atoms with Crippen molar-refractivity contribution < 1.29 is 14.4 Å². The zero-order chi connectivity index (χ0) is 18.9. The molecule has 0 bridgehead atoms. The van der Waals surface area contributed by atoms with Gasteiger partial charge in [-0.05, 0) is 53.1 Å². The molecule has 0 aliphatic carbocycles. The number of hydrogen-bond donors (Lipinski definition) is 1. The Labute approximate surface area is 167 Å². The Morgan fingerprint density at radius 2 is 1.93 bits per heavy atom. The fraction of sp³-hybridized carbons (Fsp3) is 0.526. The zero-order valence-electron chi connectivity index (χ0n) is 15.1. The third-order valence-electron chi connectivity index (χ3n) is 5.82. The van der Waals surface area contributed by atoms with Crippen LogP contribution in [-0.4, -0.2) is 64.8 Å². The van der Waals surface area contributed by atoms with E-state index in [4.69, 9.17) is 0 Å². The highest BCUT2D eigenvalue weighted by atomic mass is 32.2. The van der Waals surface area contributed by atoms with Crippen molar-refractivity contribution in [3.8, 4) is 0 Å². The Morgan fingerprint density at radius 1 is 1.19 bits per heavy atom. The minimum Gasteiger partial charge on any atom is -0.340 e. The molecule has 4 rings (SSSR count). The van der Waals surface area contributed by atoms with E-state index in [-0.39, 0.29) is 28.5 Å². The van der Waals surface area contributed by atoms with E-state index in [9.17, 15) is 14.4 Å². The average Bonchev–Trinajstić information content (AvgIpc) is 3.41. The SMILES string of the molecule is O=C1NC(C(=O)N2CCC3(CCN(C(=O)C=Cc4ccsc4)CC3)C2)CS1. The van der Waals surface area contributed by atoms with Crippen molar-refractivity contribution in [3.05, 3.63) is 28.5 Å². The van der Waals surface area contributed by atoms with Gasteiger partial charge in [0.1, 0.15) is 6.04 Å². The van der Waals surface area contributed by atoms with Crippen LogP contribution in [0, 0.1) is 5.41 Å². The molecule has 3 saturated heterocycles. The van der Waals surface area contributed by atoms with Gasteiger partial charge < -0.3 is 15.1 Å². The van der Waals surface area contributed by atoms with Crippen LogP contribution in [0.2, 0.25) is 0 Å². The number of amides is 3. The van der Waals surface area contributed by atoms with E-state index in [1.165, 1.54) is 11.8 Å². The Kier molecular flexibility index (Phi) is 5.27. The van der Waals surface area contributed by atoms with Gasteiger partial charge in [0.25, 0.3) is 5.24 Å². The van der Waals surface area contributed by atoms with Gasteiger partial charge >= 0.3 is 0 Å². The molecule has 27 heavy (non-hydrogen) atoms. The van der Waals surface area contributed by atoms with Gasteiger partial charge in [-0.25, -0.2) is 0 Å². The highest BCUT2D eigenvalue weighted by Gasteiger charge is 2.44. The fourth-order valence-electron chi connectivity index (χ4n) is 4.11. The summed E-state index contributed by atoms with van der Waals surface area (Å²) in [6, 6.07) is 1.62. The summed E-state index contributed by atoms with van der Waals surface area (Å²) in [5, 5.41) is 6.65. The van der Waals surface area contributed by atoms with Crippen molar-refractivity contribution in [2.75, 3.05) is 31.9 Å². The molecule has 0 saturated carbocycles. The Morgan fingerprint density at radius 3 is 2.56 bits per heavy atom. The third kappa shape index (κ3) is 4.06. The van der Waals surface area contributed by atoms with Crippen molar-refractivity contribution in [2.45, 2.75) is 25.3 Å². The first-order chi connectivity index (χ1) is 13.0. The van der Waals surface area contributed by atoms with Crippen LogP contribution in [-0.2, 0) is 9.59 Å².